The predicted molar refractivity (Wildman–Crippen MR) is 70.3 cm³/mol. The molecule has 18 heavy (non-hydrogen) atoms. The molecule has 0 N–H and O–H groups in total. The standard InChI is InChI=1S/C14H19NO3/c1-10(16)11-4-6-12(7-5-11)15-8-13(17-2)14(9-15)18-3/h4-7,13-14H,8-9H2,1-3H3. The molecule has 0 saturated carbocycles. The third-order valence-corrected chi connectivity index (χ3v) is 3.46. The Morgan fingerprint density at radius 1 is 1.11 bits per heavy atom. The highest BCUT2D eigenvalue weighted by molar-refractivity contribution is 5.94. The molecule has 2 atom stereocenters. The molecule has 4 nitrogen and oxygen atoms in total. The molecule has 98 valence electrons. The first-order valence-corrected chi connectivity index (χ1v) is 6.07. The Hall–Kier alpha value is -1.39. The third kappa shape index (κ3) is 2.54. The number of methoxy groups -OCH3 is 2. The van der Waals surface area contributed by atoms with E-state index < -0.39 is 0 Å². The second-order valence-electron chi connectivity index (χ2n) is 4.56. The molecule has 4 heteroatoms. The van der Waals surface area contributed by atoms with Crippen LogP contribution in [-0.4, -0.2) is 45.3 Å². The summed E-state index contributed by atoms with van der Waals surface area (Å²) in [6.07, 6.45) is 0.199. The minimum absolute atomic E-state index is 0.0903. The fourth-order valence-electron chi connectivity index (χ4n) is 2.31. The molecule has 0 radical (unpaired) electrons. The second kappa shape index (κ2) is 5.50. The van der Waals surface area contributed by atoms with Crippen molar-refractivity contribution in [2.24, 2.45) is 0 Å². The molecule has 1 heterocycles. The van der Waals surface area contributed by atoms with Gasteiger partial charge in [-0.15, -0.1) is 0 Å². The van der Waals surface area contributed by atoms with E-state index in [-0.39, 0.29) is 18.0 Å². The first-order chi connectivity index (χ1) is 8.65. The summed E-state index contributed by atoms with van der Waals surface area (Å²) in [6, 6.07) is 7.67. The van der Waals surface area contributed by atoms with Gasteiger partial charge in [-0.2, -0.15) is 0 Å². The Bertz CT molecular complexity index is 404. The normalized spacial score (nSPS) is 23.4. The lowest BCUT2D eigenvalue weighted by atomic mass is 10.1. The lowest BCUT2D eigenvalue weighted by Gasteiger charge is -2.18. The summed E-state index contributed by atoms with van der Waals surface area (Å²) < 4.78 is 10.8. The van der Waals surface area contributed by atoms with Crippen LogP contribution in [0.1, 0.15) is 17.3 Å². The largest absolute Gasteiger partial charge is 0.377 e. The number of hydrogen-bond donors (Lipinski definition) is 0. The Morgan fingerprint density at radius 3 is 2.00 bits per heavy atom. The highest BCUT2D eigenvalue weighted by Gasteiger charge is 2.32. The molecule has 1 aromatic rings. The van der Waals surface area contributed by atoms with Gasteiger partial charge in [0.2, 0.25) is 0 Å². The van der Waals surface area contributed by atoms with Crippen molar-refractivity contribution >= 4 is 11.5 Å². The van der Waals surface area contributed by atoms with E-state index in [0.717, 1.165) is 24.3 Å². The van der Waals surface area contributed by atoms with E-state index in [9.17, 15) is 4.79 Å². The number of benzene rings is 1. The first kappa shape index (κ1) is 13.1. The zero-order valence-electron chi connectivity index (χ0n) is 11.1. The summed E-state index contributed by atoms with van der Waals surface area (Å²) in [7, 11) is 3.41. The van der Waals surface area contributed by atoms with Gasteiger partial charge in [-0.3, -0.25) is 4.79 Å². The smallest absolute Gasteiger partial charge is 0.159 e. The molecule has 0 aliphatic carbocycles. The van der Waals surface area contributed by atoms with Crippen LogP contribution in [0.5, 0.6) is 0 Å². The van der Waals surface area contributed by atoms with Crippen LogP contribution >= 0.6 is 0 Å². The van der Waals surface area contributed by atoms with E-state index in [1.807, 2.05) is 24.3 Å². The van der Waals surface area contributed by atoms with Gasteiger partial charge in [0.15, 0.2) is 5.78 Å². The molecule has 0 bridgehead atoms. The predicted octanol–water partition coefficient (Wildman–Crippen LogP) is 1.74. The Labute approximate surface area is 107 Å². The Kier molecular flexibility index (Phi) is 3.99. The van der Waals surface area contributed by atoms with Crippen molar-refractivity contribution in [3.63, 3.8) is 0 Å². The number of anilines is 1. The van der Waals surface area contributed by atoms with Crippen molar-refractivity contribution < 1.29 is 14.3 Å². The Morgan fingerprint density at radius 2 is 1.61 bits per heavy atom. The SMILES string of the molecule is COC1CN(c2ccc(C(C)=O)cc2)CC1OC. The van der Waals surface area contributed by atoms with E-state index in [2.05, 4.69) is 4.90 Å². The minimum atomic E-state index is 0.0903. The maximum Gasteiger partial charge on any atom is 0.159 e. The monoisotopic (exact) mass is 249 g/mol. The quantitative estimate of drug-likeness (QED) is 0.762. The van der Waals surface area contributed by atoms with Crippen molar-refractivity contribution in [2.45, 2.75) is 19.1 Å². The minimum Gasteiger partial charge on any atom is -0.377 e. The number of carbonyl (C=O) groups excluding carboxylic acids is 1. The average molecular weight is 249 g/mol. The van der Waals surface area contributed by atoms with Gasteiger partial charge in [-0.1, -0.05) is 0 Å². The highest BCUT2D eigenvalue weighted by atomic mass is 16.5. The molecule has 1 fully saturated rings. The molecule has 2 unspecified atom stereocenters. The summed E-state index contributed by atoms with van der Waals surface area (Å²) in [5.74, 6) is 0.0903. The number of hydrogen-bond acceptors (Lipinski definition) is 4. The maximum absolute atomic E-state index is 11.2. The lowest BCUT2D eigenvalue weighted by molar-refractivity contribution is -0.00461. The van der Waals surface area contributed by atoms with Crippen LogP contribution in [0.25, 0.3) is 0 Å². The zero-order chi connectivity index (χ0) is 13.1. The number of carbonyl (C=O) groups is 1. The number of ketones is 1. The van der Waals surface area contributed by atoms with Gasteiger partial charge in [0, 0.05) is 38.6 Å². The van der Waals surface area contributed by atoms with Gasteiger partial charge in [0.1, 0.15) is 12.2 Å². The lowest BCUT2D eigenvalue weighted by Crippen LogP contribution is -2.27. The van der Waals surface area contributed by atoms with Crippen LogP contribution in [-0.2, 0) is 9.47 Å². The molecule has 0 aromatic heterocycles. The van der Waals surface area contributed by atoms with Crippen LogP contribution in [0.15, 0.2) is 24.3 Å². The van der Waals surface area contributed by atoms with Gasteiger partial charge in [0.05, 0.1) is 0 Å². The molecule has 1 aromatic carbocycles. The van der Waals surface area contributed by atoms with Crippen molar-refractivity contribution in [1.29, 1.82) is 0 Å². The molecule has 1 saturated heterocycles. The number of nitrogens with zero attached hydrogens (tertiary/aromatic N) is 1. The number of rotatable bonds is 4. The third-order valence-electron chi connectivity index (χ3n) is 3.46. The summed E-state index contributed by atoms with van der Waals surface area (Å²) in [4.78, 5) is 13.4. The van der Waals surface area contributed by atoms with Crippen LogP contribution < -0.4 is 4.90 Å². The van der Waals surface area contributed by atoms with Gasteiger partial charge >= 0.3 is 0 Å². The van der Waals surface area contributed by atoms with Gasteiger partial charge < -0.3 is 14.4 Å². The summed E-state index contributed by atoms with van der Waals surface area (Å²) in [5.41, 5.74) is 1.84. The van der Waals surface area contributed by atoms with E-state index in [4.69, 9.17) is 9.47 Å². The van der Waals surface area contributed by atoms with Crippen LogP contribution in [0.2, 0.25) is 0 Å². The molecule has 0 amide bonds. The second-order valence-corrected chi connectivity index (χ2v) is 4.56. The van der Waals surface area contributed by atoms with E-state index in [0.29, 0.717) is 0 Å². The van der Waals surface area contributed by atoms with Gasteiger partial charge in [-0.25, -0.2) is 0 Å². The topological polar surface area (TPSA) is 38.8 Å². The van der Waals surface area contributed by atoms with Gasteiger partial charge in [0.25, 0.3) is 0 Å². The number of ether oxygens (including phenoxy) is 2. The van der Waals surface area contributed by atoms with Crippen LogP contribution in [0.3, 0.4) is 0 Å². The summed E-state index contributed by atoms with van der Waals surface area (Å²) in [5, 5.41) is 0. The average Bonchev–Trinajstić information content (AvgIpc) is 2.82. The fourth-order valence-corrected chi connectivity index (χ4v) is 2.31. The van der Waals surface area contributed by atoms with Crippen molar-refractivity contribution in [3.05, 3.63) is 29.8 Å². The highest BCUT2D eigenvalue weighted by Crippen LogP contribution is 2.23. The Balaban J connectivity index is 2.11. The summed E-state index contributed by atoms with van der Waals surface area (Å²) >= 11 is 0. The van der Waals surface area contributed by atoms with E-state index in [1.54, 1.807) is 21.1 Å². The van der Waals surface area contributed by atoms with Crippen molar-refractivity contribution in [2.75, 3.05) is 32.2 Å². The molecule has 1 aliphatic heterocycles. The van der Waals surface area contributed by atoms with E-state index >= 15 is 0 Å². The van der Waals surface area contributed by atoms with Crippen molar-refractivity contribution in [3.8, 4) is 0 Å². The van der Waals surface area contributed by atoms with Crippen molar-refractivity contribution in [1.82, 2.24) is 0 Å². The molecule has 0 spiro atoms. The number of Topliss-reactive ketones (excluding diaryl/α,β-unsaturated/α-hetero) is 1. The molecular formula is C14H19NO3. The van der Waals surface area contributed by atoms with Crippen LogP contribution in [0, 0.1) is 0 Å². The van der Waals surface area contributed by atoms with Crippen LogP contribution in [0.4, 0.5) is 5.69 Å². The molecular weight excluding hydrogens is 230 g/mol. The fraction of sp³-hybridized carbons (Fsp3) is 0.500. The van der Waals surface area contributed by atoms with E-state index in [1.165, 1.54) is 0 Å². The summed E-state index contributed by atoms with van der Waals surface area (Å²) in [6.45, 7) is 3.20. The maximum atomic E-state index is 11.2. The molecule has 1 aliphatic rings. The first-order valence-electron chi connectivity index (χ1n) is 6.07. The molecule has 2 rings (SSSR count). The van der Waals surface area contributed by atoms with Gasteiger partial charge in [-0.05, 0) is 31.2 Å². The zero-order valence-corrected chi connectivity index (χ0v) is 11.1.